The third-order valence-corrected chi connectivity index (χ3v) is 2.80. The molecule has 0 bridgehead atoms. The van der Waals surface area contributed by atoms with E-state index in [-0.39, 0.29) is 5.82 Å². The molecular weight excluding hydrogens is 247 g/mol. The summed E-state index contributed by atoms with van der Waals surface area (Å²) >= 11 is 0. The summed E-state index contributed by atoms with van der Waals surface area (Å²) in [6, 6.07) is 4.60. The van der Waals surface area contributed by atoms with Crippen molar-refractivity contribution in [3.05, 3.63) is 35.5 Å². The lowest BCUT2D eigenvalue weighted by molar-refractivity contribution is 0.152. The molecule has 4 nitrogen and oxygen atoms in total. The normalized spacial score (nSPS) is 12.6. The highest BCUT2D eigenvalue weighted by atomic mass is 19.1. The van der Waals surface area contributed by atoms with Gasteiger partial charge in [-0.1, -0.05) is 18.5 Å². The van der Waals surface area contributed by atoms with Gasteiger partial charge >= 0.3 is 0 Å². The van der Waals surface area contributed by atoms with Crippen LogP contribution >= 0.6 is 0 Å². The Morgan fingerprint density at radius 2 is 2.16 bits per heavy atom. The van der Waals surface area contributed by atoms with Crippen molar-refractivity contribution in [1.82, 2.24) is 10.1 Å². The largest absolute Gasteiger partial charge is 0.393 e. The standard InChI is InChI=1S/C14H17FN2O2/c1-3-4-12(18)8-13-16-14(17-19-13)10-5-9(2)6-11(15)7-10/h5-7,12,18H,3-4,8H2,1-2H3. The molecule has 0 aliphatic heterocycles. The van der Waals surface area contributed by atoms with Crippen molar-refractivity contribution in [2.24, 2.45) is 0 Å². The molecule has 0 fully saturated rings. The Hall–Kier alpha value is -1.75. The molecule has 102 valence electrons. The van der Waals surface area contributed by atoms with Gasteiger partial charge in [-0.15, -0.1) is 0 Å². The van der Waals surface area contributed by atoms with Crippen molar-refractivity contribution in [3.63, 3.8) is 0 Å². The molecule has 0 saturated heterocycles. The second-order valence-electron chi connectivity index (χ2n) is 4.68. The van der Waals surface area contributed by atoms with E-state index in [0.29, 0.717) is 30.1 Å². The molecule has 0 saturated carbocycles. The summed E-state index contributed by atoms with van der Waals surface area (Å²) in [4.78, 5) is 4.18. The molecule has 2 rings (SSSR count). The molecule has 0 aliphatic carbocycles. The first kappa shape index (κ1) is 13.7. The van der Waals surface area contributed by atoms with Gasteiger partial charge in [0, 0.05) is 5.56 Å². The van der Waals surface area contributed by atoms with Gasteiger partial charge in [0.05, 0.1) is 12.5 Å². The van der Waals surface area contributed by atoms with Crippen LogP contribution < -0.4 is 0 Å². The maximum atomic E-state index is 13.3. The minimum absolute atomic E-state index is 0.327. The molecule has 0 radical (unpaired) electrons. The molecule has 1 aromatic heterocycles. The van der Waals surface area contributed by atoms with Crippen molar-refractivity contribution >= 4 is 0 Å². The monoisotopic (exact) mass is 264 g/mol. The van der Waals surface area contributed by atoms with E-state index in [2.05, 4.69) is 10.1 Å². The summed E-state index contributed by atoms with van der Waals surface area (Å²) in [7, 11) is 0. The highest BCUT2D eigenvalue weighted by molar-refractivity contribution is 5.55. The molecule has 0 amide bonds. The maximum absolute atomic E-state index is 13.3. The number of rotatable bonds is 5. The van der Waals surface area contributed by atoms with E-state index < -0.39 is 6.10 Å². The summed E-state index contributed by atoms with van der Waals surface area (Å²) in [5, 5.41) is 13.5. The topological polar surface area (TPSA) is 59.2 Å². The molecule has 1 heterocycles. The van der Waals surface area contributed by atoms with Crippen LogP contribution in [-0.4, -0.2) is 21.4 Å². The second-order valence-corrected chi connectivity index (χ2v) is 4.68. The van der Waals surface area contributed by atoms with Crippen molar-refractivity contribution in [3.8, 4) is 11.4 Å². The van der Waals surface area contributed by atoms with E-state index in [9.17, 15) is 9.50 Å². The van der Waals surface area contributed by atoms with E-state index in [4.69, 9.17) is 4.52 Å². The Kier molecular flexibility index (Phi) is 4.27. The van der Waals surface area contributed by atoms with Crippen molar-refractivity contribution in [2.45, 2.75) is 39.2 Å². The Bertz CT molecular complexity index is 534. The van der Waals surface area contributed by atoms with Gasteiger partial charge < -0.3 is 9.63 Å². The Labute approximate surface area is 111 Å². The van der Waals surface area contributed by atoms with Crippen LogP contribution in [0.1, 0.15) is 31.2 Å². The van der Waals surface area contributed by atoms with Crippen LogP contribution in [0.3, 0.4) is 0 Å². The van der Waals surface area contributed by atoms with E-state index in [1.807, 2.05) is 6.92 Å². The zero-order valence-electron chi connectivity index (χ0n) is 11.1. The van der Waals surface area contributed by atoms with Crippen LogP contribution in [0.15, 0.2) is 22.7 Å². The van der Waals surface area contributed by atoms with Gasteiger partial charge in [0.1, 0.15) is 5.82 Å². The molecular formula is C14H17FN2O2. The van der Waals surface area contributed by atoms with Crippen molar-refractivity contribution < 1.29 is 14.0 Å². The first-order valence-corrected chi connectivity index (χ1v) is 6.36. The molecule has 5 heteroatoms. The Balaban J connectivity index is 2.16. The molecule has 1 aromatic carbocycles. The SMILES string of the molecule is CCCC(O)Cc1nc(-c2cc(C)cc(F)c2)no1. The lowest BCUT2D eigenvalue weighted by Crippen LogP contribution is -2.09. The maximum Gasteiger partial charge on any atom is 0.229 e. The van der Waals surface area contributed by atoms with E-state index in [1.165, 1.54) is 12.1 Å². The number of benzene rings is 1. The third-order valence-electron chi connectivity index (χ3n) is 2.80. The van der Waals surface area contributed by atoms with Crippen LogP contribution in [-0.2, 0) is 6.42 Å². The van der Waals surface area contributed by atoms with Crippen LogP contribution in [0, 0.1) is 12.7 Å². The second kappa shape index (κ2) is 5.93. The third kappa shape index (κ3) is 3.61. The average molecular weight is 264 g/mol. The quantitative estimate of drug-likeness (QED) is 0.902. The zero-order chi connectivity index (χ0) is 13.8. The average Bonchev–Trinajstić information content (AvgIpc) is 2.76. The van der Waals surface area contributed by atoms with Crippen molar-refractivity contribution in [2.75, 3.05) is 0 Å². The highest BCUT2D eigenvalue weighted by Crippen LogP contribution is 2.19. The van der Waals surface area contributed by atoms with Gasteiger partial charge in [-0.25, -0.2) is 4.39 Å². The summed E-state index contributed by atoms with van der Waals surface area (Å²) in [6.45, 7) is 3.80. The van der Waals surface area contributed by atoms with E-state index in [1.54, 1.807) is 13.0 Å². The minimum atomic E-state index is -0.479. The lowest BCUT2D eigenvalue weighted by Gasteiger charge is -2.03. The van der Waals surface area contributed by atoms with Gasteiger partial charge in [0.25, 0.3) is 0 Å². The predicted molar refractivity (Wildman–Crippen MR) is 69.0 cm³/mol. The van der Waals surface area contributed by atoms with Gasteiger partial charge in [0.15, 0.2) is 0 Å². The highest BCUT2D eigenvalue weighted by Gasteiger charge is 2.13. The number of aliphatic hydroxyl groups is 1. The predicted octanol–water partition coefficient (Wildman–Crippen LogP) is 2.89. The molecule has 2 aromatic rings. The lowest BCUT2D eigenvalue weighted by atomic mass is 10.1. The molecule has 1 unspecified atom stereocenters. The fraction of sp³-hybridized carbons (Fsp3) is 0.429. The van der Waals surface area contributed by atoms with Crippen molar-refractivity contribution in [1.29, 1.82) is 0 Å². The first-order chi connectivity index (χ1) is 9.08. The van der Waals surface area contributed by atoms with Gasteiger partial charge in [0.2, 0.25) is 11.7 Å². The van der Waals surface area contributed by atoms with Gasteiger partial charge in [-0.2, -0.15) is 4.98 Å². The Morgan fingerprint density at radius 1 is 1.37 bits per heavy atom. The fourth-order valence-electron chi connectivity index (χ4n) is 1.96. The first-order valence-electron chi connectivity index (χ1n) is 6.36. The summed E-state index contributed by atoms with van der Waals surface area (Å²) in [6.07, 6.45) is 1.43. The van der Waals surface area contributed by atoms with Gasteiger partial charge in [-0.3, -0.25) is 0 Å². The summed E-state index contributed by atoms with van der Waals surface area (Å²) in [5.74, 6) is 0.395. The molecule has 19 heavy (non-hydrogen) atoms. The van der Waals surface area contributed by atoms with Gasteiger partial charge in [-0.05, 0) is 37.1 Å². The van der Waals surface area contributed by atoms with Crippen LogP contribution in [0.2, 0.25) is 0 Å². The minimum Gasteiger partial charge on any atom is -0.393 e. The number of halogens is 1. The number of hydrogen-bond acceptors (Lipinski definition) is 4. The van der Waals surface area contributed by atoms with Crippen LogP contribution in [0.4, 0.5) is 4.39 Å². The molecule has 1 atom stereocenters. The zero-order valence-corrected chi connectivity index (χ0v) is 11.1. The smallest absolute Gasteiger partial charge is 0.229 e. The number of nitrogens with zero attached hydrogens (tertiary/aromatic N) is 2. The van der Waals surface area contributed by atoms with E-state index >= 15 is 0 Å². The summed E-state index contributed by atoms with van der Waals surface area (Å²) < 4.78 is 18.4. The fourth-order valence-corrected chi connectivity index (χ4v) is 1.96. The molecule has 1 N–H and O–H groups in total. The summed E-state index contributed by atoms with van der Waals surface area (Å²) in [5.41, 5.74) is 1.38. The number of aliphatic hydroxyl groups excluding tert-OH is 1. The Morgan fingerprint density at radius 3 is 2.84 bits per heavy atom. The van der Waals surface area contributed by atoms with Crippen LogP contribution in [0.5, 0.6) is 0 Å². The molecule has 0 aliphatic rings. The number of hydrogen-bond donors (Lipinski definition) is 1. The van der Waals surface area contributed by atoms with Crippen LogP contribution in [0.25, 0.3) is 11.4 Å². The molecule has 0 spiro atoms. The number of aromatic nitrogens is 2. The van der Waals surface area contributed by atoms with E-state index in [0.717, 1.165) is 12.0 Å². The number of aryl methyl sites for hydroxylation is 1.